The van der Waals surface area contributed by atoms with Gasteiger partial charge in [0.2, 0.25) is 17.7 Å². The third kappa shape index (κ3) is 25.9. The van der Waals surface area contributed by atoms with Gasteiger partial charge in [-0.15, -0.1) is 0 Å². The molecule has 0 aliphatic carbocycles. The van der Waals surface area contributed by atoms with E-state index in [4.69, 9.17) is 52.1 Å². The van der Waals surface area contributed by atoms with Crippen molar-refractivity contribution in [2.24, 2.45) is 23.5 Å². The first-order chi connectivity index (χ1) is 50.9. The lowest BCUT2D eigenvalue weighted by Crippen LogP contribution is -2.50. The van der Waals surface area contributed by atoms with Gasteiger partial charge < -0.3 is 62.1 Å². The number of rotatable bonds is 29. The molecular formula is C84H118Cl4N12O6. The quantitative estimate of drug-likeness (QED) is 0.0223. The number of piperidine rings is 2. The first kappa shape index (κ1) is 85.2. The molecule has 5 aromatic rings. The second-order valence-corrected chi connectivity index (χ2v) is 31.6. The van der Waals surface area contributed by atoms with E-state index in [0.29, 0.717) is 120 Å². The fourth-order valence-electron chi connectivity index (χ4n) is 15.1. The second-order valence-electron chi connectivity index (χ2n) is 30.0. The van der Waals surface area contributed by atoms with Crippen LogP contribution < -0.4 is 37.6 Å². The fraction of sp³-hybridized carbons (Fsp3) is 0.548. The monoisotopic (exact) mass is 1530 g/mol. The molecule has 0 radical (unpaired) electrons. The minimum atomic E-state index is -0.340. The molecule has 5 heterocycles. The maximum absolute atomic E-state index is 13.7. The lowest BCUT2D eigenvalue weighted by Gasteiger charge is -2.31. The number of carbonyl (C=O) groups is 6. The van der Waals surface area contributed by atoms with Crippen LogP contribution in [0.25, 0.3) is 21.5 Å². The number of amides is 6. The number of nitrogens with one attached hydrogen (secondary N) is 6. The minimum Gasteiger partial charge on any atom is -0.350 e. The molecule has 8 N–H and O–H groups in total. The Morgan fingerprint density at radius 1 is 0.443 bits per heavy atom. The number of likely N-dealkylation sites (tertiary alicyclic amines) is 2. The maximum atomic E-state index is 13.7. The van der Waals surface area contributed by atoms with Crippen molar-refractivity contribution >= 4 is 103 Å². The van der Waals surface area contributed by atoms with Crippen molar-refractivity contribution in [2.75, 3.05) is 105 Å². The summed E-state index contributed by atoms with van der Waals surface area (Å²) in [5.74, 6) is 0.890. The van der Waals surface area contributed by atoms with Gasteiger partial charge in [-0.25, -0.2) is 0 Å². The maximum Gasteiger partial charge on any atom is 0.251 e. The van der Waals surface area contributed by atoms with Gasteiger partial charge in [-0.1, -0.05) is 141 Å². The summed E-state index contributed by atoms with van der Waals surface area (Å²) in [6.07, 6.45) is 14.9. The highest BCUT2D eigenvalue weighted by molar-refractivity contribution is 6.42. The van der Waals surface area contributed by atoms with Gasteiger partial charge in [0.1, 0.15) is 0 Å². The van der Waals surface area contributed by atoms with Crippen LogP contribution in [0.4, 0.5) is 0 Å². The summed E-state index contributed by atoms with van der Waals surface area (Å²) < 4.78 is 0. The lowest BCUT2D eigenvalue weighted by atomic mass is 9.98. The van der Waals surface area contributed by atoms with Gasteiger partial charge in [-0.2, -0.15) is 0 Å². The molecule has 5 fully saturated rings. The lowest BCUT2D eigenvalue weighted by molar-refractivity contribution is -0.134. The molecule has 0 spiro atoms. The first-order valence-electron chi connectivity index (χ1n) is 38.9. The van der Waals surface area contributed by atoms with Crippen molar-refractivity contribution < 1.29 is 28.8 Å². The van der Waals surface area contributed by atoms with Crippen LogP contribution in [0.1, 0.15) is 169 Å². The Morgan fingerprint density at radius 2 is 0.764 bits per heavy atom. The number of nitrogens with zero attached hydrogens (tertiary/aromatic N) is 5. The van der Waals surface area contributed by atoms with Crippen molar-refractivity contribution in [2.45, 2.75) is 174 Å². The molecule has 6 amide bonds. The average Bonchev–Trinajstić information content (AvgIpc) is 0.971. The summed E-state index contributed by atoms with van der Waals surface area (Å²) in [6, 6.07) is 26.6. The number of fused-ring (bicyclic) bond motifs is 2. The zero-order valence-electron chi connectivity index (χ0n) is 63.7. The summed E-state index contributed by atoms with van der Waals surface area (Å²) in [5.41, 5.74) is 10.8. The number of hydrogen-bond acceptors (Lipinski definition) is 12. The van der Waals surface area contributed by atoms with Crippen LogP contribution in [0.5, 0.6) is 0 Å². The molecule has 10 rings (SSSR count). The minimum absolute atomic E-state index is 0.00642. The molecule has 2 unspecified atom stereocenters. The Morgan fingerprint density at radius 3 is 1.09 bits per heavy atom. The molecule has 0 saturated carbocycles. The molecule has 5 aliphatic rings. The molecule has 106 heavy (non-hydrogen) atoms. The number of carbonyl (C=O) groups excluding carboxylic acids is 6. The fourth-order valence-corrected chi connectivity index (χ4v) is 15.7. The highest BCUT2D eigenvalue weighted by atomic mass is 35.5. The van der Waals surface area contributed by atoms with E-state index < -0.39 is 0 Å². The first-order valence-corrected chi connectivity index (χ1v) is 40.4. The van der Waals surface area contributed by atoms with Gasteiger partial charge in [0, 0.05) is 117 Å². The van der Waals surface area contributed by atoms with Crippen molar-refractivity contribution in [3.8, 4) is 0 Å². The normalized spacial score (nSPS) is 21.4. The third-order valence-corrected chi connectivity index (χ3v) is 23.1. The Bertz CT molecular complexity index is 3790. The van der Waals surface area contributed by atoms with Gasteiger partial charge in [-0.05, 0) is 243 Å². The smallest absolute Gasteiger partial charge is 0.251 e. The van der Waals surface area contributed by atoms with E-state index in [1.54, 1.807) is 24.3 Å². The summed E-state index contributed by atoms with van der Waals surface area (Å²) in [4.78, 5) is 89.9. The number of nitrogens with two attached hydrogens (primary N) is 1. The molecule has 5 saturated heterocycles. The average molecular weight is 1530 g/mol. The van der Waals surface area contributed by atoms with Crippen molar-refractivity contribution in [1.82, 2.24) is 56.4 Å². The van der Waals surface area contributed by atoms with Crippen molar-refractivity contribution in [1.29, 1.82) is 0 Å². The Hall–Kier alpha value is -6.42. The Kier molecular flexibility index (Phi) is 34.6. The van der Waals surface area contributed by atoms with Crippen molar-refractivity contribution in [3.05, 3.63) is 164 Å². The summed E-state index contributed by atoms with van der Waals surface area (Å²) in [5, 5.41) is 25.9. The van der Waals surface area contributed by atoms with Crippen LogP contribution >= 0.6 is 46.4 Å². The predicted octanol–water partition coefficient (Wildman–Crippen LogP) is 13.8. The molecule has 5 aliphatic heterocycles. The number of hydrogen-bond donors (Lipinski definition) is 7. The van der Waals surface area contributed by atoms with Crippen LogP contribution in [0, 0.1) is 17.8 Å². The Labute approximate surface area is 651 Å². The zero-order chi connectivity index (χ0) is 76.4. The van der Waals surface area contributed by atoms with E-state index in [1.807, 2.05) is 95.3 Å². The largest absolute Gasteiger partial charge is 0.350 e. The standard InChI is InChI=1S/C31H43ClN4O2.C27H40Cl2N4O2.C26H35ClN4O2/c1-4-23(22(2)3)21-36-17-12-28(34-29(31(36)38)13-16-35-14-6-5-7-15-35)20-33-30(37)26-9-8-25-19-27(32)11-10-24(25)18-26;1-4-20(19(2)3)18-33-15-10-22(17-30-26(34)21-8-9-23(28)24(29)16-21)31-25(27(33)35)11-14-32-12-6-5-7-13-32;1-4-18(17(2)3)16-31-12-10-23(30-24(9-11-28)26(31)33)15-29-25(32)21-6-5-20-14-22(27)8-7-19(20)13-21/h8-11,18-19,23,28-29,34H,2,4-7,12-17,20-21H2,1,3H3,(H,33,37);8-9,16,20,22,25,31H,2,4-7,10-15,17-18H2,1,3H3,(H,30,34);5-8,13-14,18,23-24,30H,2,4,9-12,15-16,28H2,1,3H3,(H,29,32)/t23-,28-,29-;20?,22-,25-;18?,23-,24-/m000/s1. The molecule has 18 nitrogen and oxygen atoms in total. The van der Waals surface area contributed by atoms with Crippen LogP contribution in [-0.4, -0.2) is 201 Å². The van der Waals surface area contributed by atoms with E-state index in [9.17, 15) is 28.8 Å². The summed E-state index contributed by atoms with van der Waals surface area (Å²) in [7, 11) is 0. The van der Waals surface area contributed by atoms with Crippen LogP contribution in [0.15, 0.2) is 127 Å². The van der Waals surface area contributed by atoms with Crippen molar-refractivity contribution in [3.63, 3.8) is 0 Å². The second kappa shape index (κ2) is 43.1. The van der Waals surface area contributed by atoms with E-state index >= 15 is 0 Å². The molecular weight excluding hydrogens is 1410 g/mol. The third-order valence-electron chi connectivity index (χ3n) is 21.9. The van der Waals surface area contributed by atoms with E-state index in [0.717, 1.165) is 129 Å². The Balaban J connectivity index is 0.000000201. The summed E-state index contributed by atoms with van der Waals surface area (Å²) in [6.45, 7) is 37.1. The molecule has 5 aromatic carbocycles. The van der Waals surface area contributed by atoms with Crippen LogP contribution in [0.3, 0.4) is 0 Å². The van der Waals surface area contributed by atoms with Crippen LogP contribution in [-0.2, 0) is 14.4 Å². The van der Waals surface area contributed by atoms with E-state index in [2.05, 4.69) is 89.1 Å². The predicted molar refractivity (Wildman–Crippen MR) is 436 cm³/mol. The highest BCUT2D eigenvalue weighted by Crippen LogP contribution is 2.27. The van der Waals surface area contributed by atoms with Gasteiger partial charge in [0.05, 0.1) is 28.2 Å². The highest BCUT2D eigenvalue weighted by Gasteiger charge is 2.36. The SMILES string of the molecule is C=C(C)C(CC)CN1CC[C@@H](CNC(=O)c2ccc(Cl)c(Cl)c2)N[C@@H](CCN2CCCCC2)C1=O.C=C(C)C(CC)CN1CC[C@@H](CNC(=O)c2ccc3cc(Cl)ccc3c2)N[C@@H](CCN)C1=O.C=C(C)[C@@H](CC)CN1CC[C@@H](CNC(=O)c2ccc3cc(Cl)ccc3c2)N[C@@H](CCN2CCCCC2)C1=O. The molecule has 0 bridgehead atoms. The van der Waals surface area contributed by atoms with Gasteiger partial charge in [0.25, 0.3) is 17.7 Å². The molecule has 22 heteroatoms. The van der Waals surface area contributed by atoms with Crippen LogP contribution in [0.2, 0.25) is 20.1 Å². The van der Waals surface area contributed by atoms with Gasteiger partial charge >= 0.3 is 0 Å². The van der Waals surface area contributed by atoms with Gasteiger partial charge in [0.15, 0.2) is 0 Å². The number of benzene rings is 5. The zero-order valence-corrected chi connectivity index (χ0v) is 66.7. The molecule has 9 atom stereocenters. The number of halogens is 4. The molecule has 0 aromatic heterocycles. The van der Waals surface area contributed by atoms with Gasteiger partial charge in [-0.3, -0.25) is 28.8 Å². The summed E-state index contributed by atoms with van der Waals surface area (Å²) >= 11 is 24.2. The molecule has 578 valence electrons. The van der Waals surface area contributed by atoms with E-state index in [-0.39, 0.29) is 77.6 Å². The van der Waals surface area contributed by atoms with E-state index in [1.165, 1.54) is 38.5 Å². The topological polar surface area (TPSA) is 217 Å².